The van der Waals surface area contributed by atoms with Gasteiger partial charge in [-0.25, -0.2) is 14.8 Å². The van der Waals surface area contributed by atoms with Gasteiger partial charge >= 0.3 is 6.09 Å². The highest BCUT2D eigenvalue weighted by atomic mass is 35.5. The first-order valence-corrected chi connectivity index (χ1v) is 20.1. The summed E-state index contributed by atoms with van der Waals surface area (Å²) in [6, 6.07) is 31.8. The Hall–Kier alpha value is -6.20. The van der Waals surface area contributed by atoms with Crippen LogP contribution in [0.4, 0.5) is 4.79 Å². The van der Waals surface area contributed by atoms with Crippen molar-refractivity contribution in [2.75, 3.05) is 20.1 Å². The fourth-order valence-electron chi connectivity index (χ4n) is 8.38. The summed E-state index contributed by atoms with van der Waals surface area (Å²) in [4.78, 5) is 61.0. The minimum atomic E-state index is -1.16. The molecule has 3 N–H and O–H groups in total. The van der Waals surface area contributed by atoms with Gasteiger partial charge in [-0.1, -0.05) is 103 Å². The maximum absolute atomic E-state index is 14.0. The summed E-state index contributed by atoms with van der Waals surface area (Å²) < 4.78 is 0. The van der Waals surface area contributed by atoms with E-state index in [2.05, 4.69) is 58.5 Å². The van der Waals surface area contributed by atoms with Crippen LogP contribution in [0.25, 0.3) is 33.6 Å². The standard InChI is InChI=1S/C46H46ClN7O4/c1-46(2,34-21-23-35(47)24-22-34)44(56)54-26-8-12-39(54)42-49-28-37(51-42)32-19-15-30(16-20-32)29-13-17-31(18-14-29)36-27-48-41(50-36)38-11-7-25-53(38)43(55)40(52(3)45(57)58)33-9-5-4-6-10-33/h4-6,9-10,13-24,27-28,38-40H,7-8,11-12,25-26H2,1-3H3,(H,48,50)(H,49,51)(H,57,58)/t38-,39?,40+/m0/s1. The van der Waals surface area contributed by atoms with E-state index in [1.807, 2.05) is 67.4 Å². The number of imidazole rings is 2. The van der Waals surface area contributed by atoms with E-state index in [4.69, 9.17) is 21.6 Å². The number of carbonyl (C=O) groups is 3. The summed E-state index contributed by atoms with van der Waals surface area (Å²) in [6.07, 6.45) is 5.77. The van der Waals surface area contributed by atoms with Crippen molar-refractivity contribution in [3.8, 4) is 33.6 Å². The highest BCUT2D eigenvalue weighted by molar-refractivity contribution is 6.30. The number of aromatic nitrogens is 4. The first-order valence-electron chi connectivity index (χ1n) is 19.7. The topological polar surface area (TPSA) is 139 Å². The van der Waals surface area contributed by atoms with E-state index < -0.39 is 17.6 Å². The third kappa shape index (κ3) is 7.49. The zero-order valence-corrected chi connectivity index (χ0v) is 33.5. The van der Waals surface area contributed by atoms with E-state index in [9.17, 15) is 19.5 Å². The van der Waals surface area contributed by atoms with Gasteiger partial charge in [0.2, 0.25) is 5.91 Å². The molecule has 58 heavy (non-hydrogen) atoms. The molecule has 3 atom stereocenters. The number of carboxylic acid groups (broad SMARTS) is 1. The summed E-state index contributed by atoms with van der Waals surface area (Å²) >= 11 is 6.12. The predicted octanol–water partition coefficient (Wildman–Crippen LogP) is 9.44. The Labute approximate surface area is 342 Å². The maximum atomic E-state index is 14.0. The van der Waals surface area contributed by atoms with Gasteiger partial charge in [0.05, 0.1) is 41.3 Å². The van der Waals surface area contributed by atoms with Crippen LogP contribution in [0.2, 0.25) is 5.02 Å². The van der Waals surface area contributed by atoms with Crippen LogP contribution in [0.1, 0.15) is 80.4 Å². The SMILES string of the molecule is CN(C(=O)O)[C@@H](C(=O)N1CCC[C@H]1c1ncc(-c2ccc(-c3ccc(-c4cnc(C5CCCN5C(=O)C(C)(C)c5ccc(Cl)cc5)[nH]4)cc3)cc2)[nH]1)c1ccccc1. The number of nitrogens with one attached hydrogen (secondary N) is 2. The van der Waals surface area contributed by atoms with Gasteiger partial charge < -0.3 is 24.9 Å². The molecule has 0 saturated carbocycles. The second kappa shape index (κ2) is 16.0. The highest BCUT2D eigenvalue weighted by Gasteiger charge is 2.41. The number of rotatable bonds is 10. The summed E-state index contributed by atoms with van der Waals surface area (Å²) in [5, 5.41) is 10.4. The zero-order valence-electron chi connectivity index (χ0n) is 32.7. The number of nitrogens with zero attached hydrogens (tertiary/aromatic N) is 5. The molecule has 2 fully saturated rings. The molecule has 2 aliphatic heterocycles. The molecule has 4 heterocycles. The summed E-state index contributed by atoms with van der Waals surface area (Å²) in [5.41, 5.74) is 6.69. The van der Waals surface area contributed by atoms with Crippen LogP contribution in [0.5, 0.6) is 0 Å². The maximum Gasteiger partial charge on any atom is 0.407 e. The molecule has 2 aliphatic rings. The molecule has 1 unspecified atom stereocenters. The molecule has 2 saturated heterocycles. The molecule has 11 nitrogen and oxygen atoms in total. The Morgan fingerprint density at radius 1 is 0.724 bits per heavy atom. The van der Waals surface area contributed by atoms with Crippen LogP contribution >= 0.6 is 11.6 Å². The van der Waals surface area contributed by atoms with Gasteiger partial charge in [-0.3, -0.25) is 14.5 Å². The lowest BCUT2D eigenvalue weighted by atomic mass is 9.83. The largest absolute Gasteiger partial charge is 0.465 e. The van der Waals surface area contributed by atoms with E-state index in [1.165, 1.54) is 7.05 Å². The second-order valence-electron chi connectivity index (χ2n) is 15.7. The van der Waals surface area contributed by atoms with E-state index >= 15 is 0 Å². The molecule has 0 bridgehead atoms. The molecule has 0 spiro atoms. The zero-order chi connectivity index (χ0) is 40.6. The van der Waals surface area contributed by atoms with Crippen LogP contribution in [-0.4, -0.2) is 77.8 Å². The number of carbonyl (C=O) groups excluding carboxylic acids is 2. The lowest BCUT2D eigenvalue weighted by Gasteiger charge is -2.33. The Morgan fingerprint density at radius 2 is 1.21 bits per heavy atom. The molecule has 0 aliphatic carbocycles. The number of hydrogen-bond donors (Lipinski definition) is 3. The van der Waals surface area contributed by atoms with Crippen molar-refractivity contribution in [3.63, 3.8) is 0 Å². The van der Waals surface area contributed by atoms with Crippen LogP contribution in [0.3, 0.4) is 0 Å². The minimum Gasteiger partial charge on any atom is -0.465 e. The third-order valence-corrected chi connectivity index (χ3v) is 12.0. The fraction of sp³-hybridized carbons (Fsp3) is 0.283. The number of likely N-dealkylation sites (N-methyl/N-ethyl adjacent to an activating group) is 1. The van der Waals surface area contributed by atoms with Crippen molar-refractivity contribution in [1.29, 1.82) is 0 Å². The van der Waals surface area contributed by atoms with E-state index in [0.29, 0.717) is 29.5 Å². The normalized spacial score (nSPS) is 17.4. The van der Waals surface area contributed by atoms with Crippen molar-refractivity contribution in [2.24, 2.45) is 0 Å². The van der Waals surface area contributed by atoms with Gasteiger partial charge in [0, 0.05) is 25.2 Å². The molecule has 4 aromatic carbocycles. The first-order chi connectivity index (χ1) is 28.0. The van der Waals surface area contributed by atoms with Gasteiger partial charge in [0.15, 0.2) is 0 Å². The number of H-pyrrole nitrogens is 2. The molecule has 12 heteroatoms. The van der Waals surface area contributed by atoms with Gasteiger partial charge in [0.25, 0.3) is 5.91 Å². The lowest BCUT2D eigenvalue weighted by Crippen LogP contribution is -2.43. The minimum absolute atomic E-state index is 0.0750. The number of amides is 3. The monoisotopic (exact) mass is 795 g/mol. The average Bonchev–Trinajstić information content (AvgIpc) is 4.08. The number of benzene rings is 4. The molecule has 2 aromatic heterocycles. The quantitative estimate of drug-likeness (QED) is 0.126. The van der Waals surface area contributed by atoms with Gasteiger partial charge in [-0.05, 0) is 85.0 Å². The Kier molecular flexibility index (Phi) is 10.7. The molecule has 8 rings (SSSR count). The fourth-order valence-corrected chi connectivity index (χ4v) is 8.51. The van der Waals surface area contributed by atoms with Gasteiger partial charge in [-0.2, -0.15) is 0 Å². The number of halogens is 1. The number of aromatic amines is 2. The molecular weight excluding hydrogens is 750 g/mol. The van der Waals surface area contributed by atoms with E-state index in [-0.39, 0.29) is 23.9 Å². The first kappa shape index (κ1) is 38.7. The third-order valence-electron chi connectivity index (χ3n) is 11.7. The van der Waals surface area contributed by atoms with Gasteiger partial charge in [-0.15, -0.1) is 0 Å². The summed E-state index contributed by atoms with van der Waals surface area (Å²) in [6.45, 7) is 5.15. The lowest BCUT2D eigenvalue weighted by molar-refractivity contribution is -0.138. The van der Waals surface area contributed by atoms with Gasteiger partial charge in [0.1, 0.15) is 17.7 Å². The molecular formula is C46H46ClN7O4. The van der Waals surface area contributed by atoms with Crippen molar-refractivity contribution < 1.29 is 19.5 Å². The number of hydrogen-bond acceptors (Lipinski definition) is 5. The highest BCUT2D eigenvalue weighted by Crippen LogP contribution is 2.38. The summed E-state index contributed by atoms with van der Waals surface area (Å²) in [7, 11) is 1.43. The van der Waals surface area contributed by atoms with Crippen molar-refractivity contribution >= 4 is 29.5 Å². The second-order valence-corrected chi connectivity index (χ2v) is 16.1. The van der Waals surface area contributed by atoms with Crippen molar-refractivity contribution in [1.82, 2.24) is 34.6 Å². The molecule has 0 radical (unpaired) electrons. The Balaban J connectivity index is 0.932. The molecule has 6 aromatic rings. The average molecular weight is 796 g/mol. The van der Waals surface area contributed by atoms with Crippen molar-refractivity contribution in [3.05, 3.63) is 143 Å². The van der Waals surface area contributed by atoms with Crippen LogP contribution < -0.4 is 0 Å². The van der Waals surface area contributed by atoms with E-state index in [0.717, 1.165) is 75.6 Å². The van der Waals surface area contributed by atoms with Crippen LogP contribution in [0, 0.1) is 0 Å². The molecule has 3 amide bonds. The van der Waals surface area contributed by atoms with E-state index in [1.54, 1.807) is 23.2 Å². The van der Waals surface area contributed by atoms with Crippen molar-refractivity contribution in [2.45, 2.75) is 63.1 Å². The Bertz CT molecular complexity index is 2410. The number of likely N-dealkylation sites (tertiary alicyclic amines) is 2. The van der Waals surface area contributed by atoms with Crippen LogP contribution in [-0.2, 0) is 15.0 Å². The molecule has 296 valence electrons. The Morgan fingerprint density at radius 3 is 1.72 bits per heavy atom. The predicted molar refractivity (Wildman–Crippen MR) is 224 cm³/mol. The van der Waals surface area contributed by atoms with Crippen LogP contribution in [0.15, 0.2) is 116 Å². The smallest absolute Gasteiger partial charge is 0.407 e. The summed E-state index contributed by atoms with van der Waals surface area (Å²) in [5.74, 6) is 1.29.